The molecule has 2 rings (SSSR count). The van der Waals surface area contributed by atoms with Crippen LogP contribution in [0, 0.1) is 0 Å². The molecule has 0 aliphatic carbocycles. The molecule has 0 saturated carbocycles. The number of pyridine rings is 2. The van der Waals surface area contributed by atoms with E-state index in [1.165, 1.54) is 13.2 Å². The van der Waals surface area contributed by atoms with Gasteiger partial charge in [0.1, 0.15) is 0 Å². The van der Waals surface area contributed by atoms with Crippen LogP contribution in [0.15, 0.2) is 30.5 Å². The zero-order valence-electron chi connectivity index (χ0n) is 11.8. The van der Waals surface area contributed by atoms with Crippen molar-refractivity contribution in [2.75, 3.05) is 24.8 Å². The Labute approximate surface area is 122 Å². The Balaban J connectivity index is 2.20. The summed E-state index contributed by atoms with van der Waals surface area (Å²) in [7, 11) is 1.30. The van der Waals surface area contributed by atoms with Gasteiger partial charge in [-0.2, -0.15) is 0 Å². The third-order valence-electron chi connectivity index (χ3n) is 2.61. The lowest BCUT2D eigenvalue weighted by atomic mass is 10.3. The van der Waals surface area contributed by atoms with Gasteiger partial charge in [-0.3, -0.25) is 0 Å². The highest BCUT2D eigenvalue weighted by molar-refractivity contribution is 5.88. The van der Waals surface area contributed by atoms with Crippen LogP contribution in [0.5, 0.6) is 5.88 Å². The molecule has 0 aromatic carbocycles. The number of ether oxygens (including phenoxy) is 2. The van der Waals surface area contributed by atoms with Crippen LogP contribution in [0.25, 0.3) is 0 Å². The zero-order chi connectivity index (χ0) is 15.2. The van der Waals surface area contributed by atoms with Crippen molar-refractivity contribution in [1.29, 1.82) is 0 Å². The van der Waals surface area contributed by atoms with Crippen LogP contribution in [0.4, 0.5) is 17.2 Å². The van der Waals surface area contributed by atoms with Crippen LogP contribution in [0.3, 0.4) is 0 Å². The molecular weight excluding hydrogens is 272 g/mol. The topological polar surface area (TPSA) is 99.4 Å². The predicted molar refractivity (Wildman–Crippen MR) is 78.7 cm³/mol. The molecular formula is C14H16N4O3. The lowest BCUT2D eigenvalue weighted by Crippen LogP contribution is -2.08. The molecule has 21 heavy (non-hydrogen) atoms. The number of nitrogens with zero attached hydrogens (tertiary/aromatic N) is 2. The van der Waals surface area contributed by atoms with Gasteiger partial charge in [0, 0.05) is 6.07 Å². The van der Waals surface area contributed by atoms with Gasteiger partial charge in [-0.15, -0.1) is 0 Å². The predicted octanol–water partition coefficient (Wildman–Crippen LogP) is 1.99. The van der Waals surface area contributed by atoms with E-state index in [-0.39, 0.29) is 5.69 Å². The van der Waals surface area contributed by atoms with Crippen LogP contribution in [-0.2, 0) is 4.74 Å². The molecule has 0 aliphatic heterocycles. The van der Waals surface area contributed by atoms with E-state index in [9.17, 15) is 4.79 Å². The van der Waals surface area contributed by atoms with E-state index >= 15 is 0 Å². The Morgan fingerprint density at radius 1 is 1.33 bits per heavy atom. The number of carbonyl (C=O) groups excluding carboxylic acids is 1. The first kappa shape index (κ1) is 14.6. The second-order valence-electron chi connectivity index (χ2n) is 4.07. The standard InChI is InChI=1S/C14H16N4O3/c1-3-21-12-7-4-9(8-16-12)17-13-10(15)5-6-11(18-13)14(19)20-2/h4-8H,3,15H2,1-2H3,(H,17,18). The van der Waals surface area contributed by atoms with Crippen molar-refractivity contribution in [3.8, 4) is 5.88 Å². The molecule has 2 aromatic heterocycles. The quantitative estimate of drug-likeness (QED) is 0.811. The van der Waals surface area contributed by atoms with Gasteiger partial charge in [0.15, 0.2) is 11.5 Å². The number of hydrogen-bond donors (Lipinski definition) is 2. The highest BCUT2D eigenvalue weighted by atomic mass is 16.5. The van der Waals surface area contributed by atoms with Crippen molar-refractivity contribution in [3.63, 3.8) is 0 Å². The largest absolute Gasteiger partial charge is 0.478 e. The van der Waals surface area contributed by atoms with Gasteiger partial charge < -0.3 is 20.5 Å². The summed E-state index contributed by atoms with van der Waals surface area (Å²) in [5.41, 5.74) is 7.10. The summed E-state index contributed by atoms with van der Waals surface area (Å²) in [6.07, 6.45) is 1.59. The normalized spacial score (nSPS) is 10.0. The Hall–Kier alpha value is -2.83. The molecule has 0 unspecified atom stereocenters. The number of methoxy groups -OCH3 is 1. The van der Waals surface area contributed by atoms with Crippen molar-refractivity contribution >= 4 is 23.2 Å². The summed E-state index contributed by atoms with van der Waals surface area (Å²) >= 11 is 0. The van der Waals surface area contributed by atoms with Crippen LogP contribution in [0.2, 0.25) is 0 Å². The Morgan fingerprint density at radius 2 is 2.14 bits per heavy atom. The van der Waals surface area contributed by atoms with E-state index in [1.54, 1.807) is 24.4 Å². The molecule has 2 heterocycles. The van der Waals surface area contributed by atoms with Crippen molar-refractivity contribution in [2.24, 2.45) is 0 Å². The minimum Gasteiger partial charge on any atom is -0.478 e. The van der Waals surface area contributed by atoms with Crippen LogP contribution < -0.4 is 15.8 Å². The fraction of sp³-hybridized carbons (Fsp3) is 0.214. The molecule has 0 spiro atoms. The van der Waals surface area contributed by atoms with E-state index in [2.05, 4.69) is 20.0 Å². The number of nitrogens with one attached hydrogen (secondary N) is 1. The molecule has 0 fully saturated rings. The first-order chi connectivity index (χ1) is 10.1. The summed E-state index contributed by atoms with van der Waals surface area (Å²) in [5, 5.41) is 3.00. The van der Waals surface area contributed by atoms with Crippen LogP contribution in [-0.4, -0.2) is 29.7 Å². The molecule has 7 nitrogen and oxygen atoms in total. The highest BCUT2D eigenvalue weighted by Gasteiger charge is 2.10. The highest BCUT2D eigenvalue weighted by Crippen LogP contribution is 2.22. The van der Waals surface area contributed by atoms with Crippen LogP contribution in [0.1, 0.15) is 17.4 Å². The van der Waals surface area contributed by atoms with Gasteiger partial charge >= 0.3 is 5.97 Å². The molecule has 0 aliphatic rings. The van der Waals surface area contributed by atoms with E-state index in [0.29, 0.717) is 29.7 Å². The summed E-state index contributed by atoms with van der Waals surface area (Å²) in [6.45, 7) is 2.44. The van der Waals surface area contributed by atoms with E-state index in [4.69, 9.17) is 10.5 Å². The minimum atomic E-state index is -0.525. The molecule has 0 radical (unpaired) electrons. The SMILES string of the molecule is CCOc1ccc(Nc2nc(C(=O)OC)ccc2N)cn1. The van der Waals surface area contributed by atoms with Crippen molar-refractivity contribution in [3.05, 3.63) is 36.2 Å². The fourth-order valence-electron chi connectivity index (χ4n) is 1.61. The zero-order valence-corrected chi connectivity index (χ0v) is 11.8. The second kappa shape index (κ2) is 6.56. The van der Waals surface area contributed by atoms with Gasteiger partial charge in [0.05, 0.1) is 31.3 Å². The lowest BCUT2D eigenvalue weighted by Gasteiger charge is -2.10. The monoisotopic (exact) mass is 288 g/mol. The smallest absolute Gasteiger partial charge is 0.356 e. The average molecular weight is 288 g/mol. The molecule has 2 aromatic rings. The molecule has 0 saturated heterocycles. The maximum atomic E-state index is 11.5. The van der Waals surface area contributed by atoms with Gasteiger partial charge in [-0.25, -0.2) is 14.8 Å². The third-order valence-corrected chi connectivity index (χ3v) is 2.61. The molecule has 0 atom stereocenters. The Morgan fingerprint density at radius 3 is 2.76 bits per heavy atom. The number of esters is 1. The summed E-state index contributed by atoms with van der Waals surface area (Å²) in [6, 6.07) is 6.60. The summed E-state index contributed by atoms with van der Waals surface area (Å²) in [4.78, 5) is 19.7. The summed E-state index contributed by atoms with van der Waals surface area (Å²) in [5.74, 6) is 0.374. The number of carbonyl (C=O) groups is 1. The summed E-state index contributed by atoms with van der Waals surface area (Å²) < 4.78 is 9.88. The first-order valence-electron chi connectivity index (χ1n) is 6.34. The minimum absolute atomic E-state index is 0.174. The number of aromatic nitrogens is 2. The third kappa shape index (κ3) is 3.59. The maximum absolute atomic E-state index is 11.5. The number of anilines is 3. The number of hydrogen-bond acceptors (Lipinski definition) is 7. The maximum Gasteiger partial charge on any atom is 0.356 e. The molecule has 7 heteroatoms. The van der Waals surface area contributed by atoms with Crippen LogP contribution >= 0.6 is 0 Å². The van der Waals surface area contributed by atoms with Crippen molar-refractivity contribution in [1.82, 2.24) is 9.97 Å². The fourth-order valence-corrected chi connectivity index (χ4v) is 1.61. The molecule has 3 N–H and O–H groups in total. The van der Waals surface area contributed by atoms with E-state index in [0.717, 1.165) is 0 Å². The van der Waals surface area contributed by atoms with E-state index in [1.807, 2.05) is 6.92 Å². The van der Waals surface area contributed by atoms with Gasteiger partial charge in [-0.05, 0) is 25.1 Å². The molecule has 110 valence electrons. The number of nitrogens with two attached hydrogens (primary N) is 1. The van der Waals surface area contributed by atoms with E-state index < -0.39 is 5.97 Å². The average Bonchev–Trinajstić information content (AvgIpc) is 2.51. The molecule has 0 amide bonds. The number of rotatable bonds is 5. The van der Waals surface area contributed by atoms with Crippen molar-refractivity contribution < 1.29 is 14.3 Å². The number of nitrogen functional groups attached to an aromatic ring is 1. The molecule has 0 bridgehead atoms. The van der Waals surface area contributed by atoms with Gasteiger partial charge in [0.2, 0.25) is 5.88 Å². The van der Waals surface area contributed by atoms with Crippen molar-refractivity contribution in [2.45, 2.75) is 6.92 Å². The van der Waals surface area contributed by atoms with Gasteiger partial charge in [-0.1, -0.05) is 0 Å². The Kier molecular flexibility index (Phi) is 4.55. The first-order valence-corrected chi connectivity index (χ1v) is 6.34. The lowest BCUT2D eigenvalue weighted by molar-refractivity contribution is 0.0594. The second-order valence-corrected chi connectivity index (χ2v) is 4.07. The Bertz CT molecular complexity index is 629. The van der Waals surface area contributed by atoms with Gasteiger partial charge in [0.25, 0.3) is 0 Å².